The number of fused-ring (bicyclic) bond motifs is 1. The Labute approximate surface area is 104 Å². The van der Waals surface area contributed by atoms with E-state index in [-0.39, 0.29) is 5.91 Å². The van der Waals surface area contributed by atoms with Gasteiger partial charge < -0.3 is 10.5 Å². The molecule has 0 saturated carbocycles. The number of pyridine rings is 1. The van der Waals surface area contributed by atoms with Crippen LogP contribution in [0, 0.1) is 0 Å². The van der Waals surface area contributed by atoms with E-state index in [1.807, 2.05) is 18.2 Å². The summed E-state index contributed by atoms with van der Waals surface area (Å²) in [5.74, 6) is 0.475. The van der Waals surface area contributed by atoms with E-state index in [1.54, 1.807) is 19.2 Å². The third-order valence-electron chi connectivity index (χ3n) is 2.57. The molecule has 0 aliphatic carbocycles. The van der Waals surface area contributed by atoms with Crippen molar-refractivity contribution in [1.29, 1.82) is 0 Å². The highest BCUT2D eigenvalue weighted by Gasteiger charge is 2.05. The summed E-state index contributed by atoms with van der Waals surface area (Å²) < 4.78 is 0. The van der Waals surface area contributed by atoms with Gasteiger partial charge in [0.05, 0.1) is 6.21 Å². The molecule has 18 heavy (non-hydrogen) atoms. The Morgan fingerprint density at radius 1 is 1.50 bits per heavy atom. The summed E-state index contributed by atoms with van der Waals surface area (Å²) >= 11 is 0. The van der Waals surface area contributed by atoms with Gasteiger partial charge in [-0.15, -0.1) is 0 Å². The molecule has 5 heteroatoms. The van der Waals surface area contributed by atoms with Gasteiger partial charge in [-0.25, -0.2) is 4.98 Å². The van der Waals surface area contributed by atoms with Crippen molar-refractivity contribution in [3.05, 3.63) is 36.0 Å². The Bertz CT molecular complexity index is 608. The minimum absolute atomic E-state index is 0.0732. The SMILES string of the molecule is CCC(=O)Nc1nccc2cc(/C=N/O)ccc12. The van der Waals surface area contributed by atoms with Crippen LogP contribution in [0.25, 0.3) is 10.8 Å². The molecule has 0 aliphatic heterocycles. The number of anilines is 1. The van der Waals surface area contributed by atoms with Crippen LogP contribution in [0.1, 0.15) is 18.9 Å². The van der Waals surface area contributed by atoms with Crippen LogP contribution in [0.2, 0.25) is 0 Å². The average molecular weight is 243 g/mol. The van der Waals surface area contributed by atoms with Crippen LogP contribution in [0.15, 0.2) is 35.6 Å². The molecule has 5 nitrogen and oxygen atoms in total. The van der Waals surface area contributed by atoms with Gasteiger partial charge in [0.15, 0.2) is 0 Å². The highest BCUT2D eigenvalue weighted by molar-refractivity contribution is 6.01. The quantitative estimate of drug-likeness (QED) is 0.493. The molecule has 0 saturated heterocycles. The Kier molecular flexibility index (Phi) is 3.52. The lowest BCUT2D eigenvalue weighted by Crippen LogP contribution is -2.10. The van der Waals surface area contributed by atoms with Crippen LogP contribution in [-0.2, 0) is 4.79 Å². The van der Waals surface area contributed by atoms with Gasteiger partial charge in [0.25, 0.3) is 0 Å². The van der Waals surface area contributed by atoms with Crippen molar-refractivity contribution in [2.75, 3.05) is 5.32 Å². The molecule has 2 N–H and O–H groups in total. The van der Waals surface area contributed by atoms with Crippen LogP contribution in [0.5, 0.6) is 0 Å². The number of nitrogens with one attached hydrogen (secondary N) is 1. The standard InChI is InChI=1S/C13H13N3O2/c1-2-12(17)16-13-11-4-3-9(8-15-18)7-10(11)5-6-14-13/h3-8,18H,2H2,1H3,(H,14,16,17)/b15-8+. The first-order chi connectivity index (χ1) is 8.74. The maximum absolute atomic E-state index is 11.4. The van der Waals surface area contributed by atoms with Crippen molar-refractivity contribution in [1.82, 2.24) is 4.98 Å². The average Bonchev–Trinajstić information content (AvgIpc) is 2.39. The molecule has 0 unspecified atom stereocenters. The van der Waals surface area contributed by atoms with Crippen molar-refractivity contribution in [3.8, 4) is 0 Å². The molecule has 0 radical (unpaired) electrons. The van der Waals surface area contributed by atoms with E-state index < -0.39 is 0 Å². The zero-order valence-corrected chi connectivity index (χ0v) is 9.92. The second-order valence-electron chi connectivity index (χ2n) is 3.79. The molecule has 92 valence electrons. The van der Waals surface area contributed by atoms with Gasteiger partial charge in [0.2, 0.25) is 5.91 Å². The number of amides is 1. The number of carbonyl (C=O) groups is 1. The van der Waals surface area contributed by atoms with Crippen LogP contribution in [-0.4, -0.2) is 22.3 Å². The first-order valence-electron chi connectivity index (χ1n) is 5.60. The third-order valence-corrected chi connectivity index (χ3v) is 2.57. The highest BCUT2D eigenvalue weighted by Crippen LogP contribution is 2.21. The van der Waals surface area contributed by atoms with E-state index in [4.69, 9.17) is 5.21 Å². The molecule has 0 bridgehead atoms. The fraction of sp³-hybridized carbons (Fsp3) is 0.154. The van der Waals surface area contributed by atoms with Crippen molar-refractivity contribution in [2.24, 2.45) is 5.16 Å². The van der Waals surface area contributed by atoms with E-state index in [0.717, 1.165) is 16.3 Å². The fourth-order valence-corrected chi connectivity index (χ4v) is 1.66. The molecule has 2 rings (SSSR count). The highest BCUT2D eigenvalue weighted by atomic mass is 16.4. The number of nitrogens with zero attached hydrogens (tertiary/aromatic N) is 2. The van der Waals surface area contributed by atoms with Gasteiger partial charge >= 0.3 is 0 Å². The molecule has 0 atom stereocenters. The largest absolute Gasteiger partial charge is 0.411 e. The predicted octanol–water partition coefficient (Wildman–Crippen LogP) is 2.39. The fourth-order valence-electron chi connectivity index (χ4n) is 1.66. The Hall–Kier alpha value is -2.43. The Morgan fingerprint density at radius 3 is 3.06 bits per heavy atom. The zero-order valence-electron chi connectivity index (χ0n) is 9.92. The summed E-state index contributed by atoms with van der Waals surface area (Å²) in [7, 11) is 0. The minimum Gasteiger partial charge on any atom is -0.411 e. The number of carbonyl (C=O) groups excluding carboxylic acids is 1. The molecule has 0 aliphatic rings. The third kappa shape index (κ3) is 2.45. The maximum atomic E-state index is 11.4. The number of benzene rings is 1. The first-order valence-corrected chi connectivity index (χ1v) is 5.60. The van der Waals surface area contributed by atoms with E-state index in [1.165, 1.54) is 6.21 Å². The molecular weight excluding hydrogens is 230 g/mol. The summed E-state index contributed by atoms with van der Waals surface area (Å²) in [6, 6.07) is 7.33. The number of rotatable bonds is 3. The summed E-state index contributed by atoms with van der Waals surface area (Å²) in [4.78, 5) is 15.5. The number of hydrogen-bond donors (Lipinski definition) is 2. The molecule has 0 fully saturated rings. The van der Waals surface area contributed by atoms with E-state index in [0.29, 0.717) is 12.2 Å². The monoisotopic (exact) mass is 243 g/mol. The lowest BCUT2D eigenvalue weighted by Gasteiger charge is -2.07. The van der Waals surface area contributed by atoms with Crippen LogP contribution in [0.3, 0.4) is 0 Å². The van der Waals surface area contributed by atoms with E-state index in [9.17, 15) is 4.79 Å². The lowest BCUT2D eigenvalue weighted by molar-refractivity contribution is -0.115. The second kappa shape index (κ2) is 5.27. The van der Waals surface area contributed by atoms with Crippen molar-refractivity contribution in [2.45, 2.75) is 13.3 Å². The topological polar surface area (TPSA) is 74.6 Å². The molecule has 1 aromatic heterocycles. The number of oxime groups is 1. The van der Waals surface area contributed by atoms with Gasteiger partial charge in [-0.05, 0) is 23.1 Å². The summed E-state index contributed by atoms with van der Waals surface area (Å²) in [5.41, 5.74) is 0.781. The molecule has 1 amide bonds. The van der Waals surface area contributed by atoms with E-state index >= 15 is 0 Å². The lowest BCUT2D eigenvalue weighted by atomic mass is 10.1. The second-order valence-corrected chi connectivity index (χ2v) is 3.79. The summed E-state index contributed by atoms with van der Waals surface area (Å²) in [6.07, 6.45) is 3.39. The molecule has 0 spiro atoms. The number of hydrogen-bond acceptors (Lipinski definition) is 4. The molecule has 1 aromatic carbocycles. The zero-order chi connectivity index (χ0) is 13.0. The van der Waals surface area contributed by atoms with E-state index in [2.05, 4.69) is 15.5 Å². The Morgan fingerprint density at radius 2 is 2.33 bits per heavy atom. The van der Waals surface area contributed by atoms with Gasteiger partial charge in [-0.3, -0.25) is 4.79 Å². The van der Waals surface area contributed by atoms with Crippen LogP contribution >= 0.6 is 0 Å². The predicted molar refractivity (Wildman–Crippen MR) is 70.0 cm³/mol. The van der Waals surface area contributed by atoms with Crippen molar-refractivity contribution in [3.63, 3.8) is 0 Å². The normalized spacial score (nSPS) is 10.9. The van der Waals surface area contributed by atoms with Crippen LogP contribution in [0.4, 0.5) is 5.82 Å². The first kappa shape index (κ1) is 12.0. The summed E-state index contributed by atoms with van der Waals surface area (Å²) in [6.45, 7) is 1.79. The van der Waals surface area contributed by atoms with Gasteiger partial charge in [0.1, 0.15) is 5.82 Å². The minimum atomic E-state index is -0.0732. The maximum Gasteiger partial charge on any atom is 0.225 e. The smallest absolute Gasteiger partial charge is 0.225 e. The van der Waals surface area contributed by atoms with Gasteiger partial charge in [0, 0.05) is 18.0 Å². The van der Waals surface area contributed by atoms with Crippen molar-refractivity contribution >= 4 is 28.7 Å². The molecular formula is C13H13N3O2. The number of aromatic nitrogens is 1. The van der Waals surface area contributed by atoms with Gasteiger partial charge in [-0.1, -0.05) is 24.2 Å². The molecule has 1 heterocycles. The van der Waals surface area contributed by atoms with Crippen LogP contribution < -0.4 is 5.32 Å². The van der Waals surface area contributed by atoms with Gasteiger partial charge in [-0.2, -0.15) is 0 Å². The van der Waals surface area contributed by atoms with Crippen molar-refractivity contribution < 1.29 is 10.0 Å². The summed E-state index contributed by atoms with van der Waals surface area (Å²) in [5, 5.41) is 16.0. The Balaban J connectivity index is 2.47. The molecule has 2 aromatic rings.